The standard InChI is InChI=1S/C11H20O2/c1-10(2)11(8-12-9-13-10)6-4-3-5-7-11/h3-9H2,1-2H3. The van der Waals surface area contributed by atoms with Crippen LogP contribution < -0.4 is 0 Å². The Morgan fingerprint density at radius 2 is 1.69 bits per heavy atom. The molecule has 2 heteroatoms. The Morgan fingerprint density at radius 3 is 2.31 bits per heavy atom. The van der Waals surface area contributed by atoms with Crippen molar-refractivity contribution in [1.82, 2.24) is 0 Å². The van der Waals surface area contributed by atoms with Crippen LogP contribution >= 0.6 is 0 Å². The summed E-state index contributed by atoms with van der Waals surface area (Å²) in [4.78, 5) is 0. The highest BCUT2D eigenvalue weighted by Gasteiger charge is 2.48. The van der Waals surface area contributed by atoms with Gasteiger partial charge in [-0.15, -0.1) is 0 Å². The third-order valence-electron chi connectivity index (χ3n) is 3.97. The smallest absolute Gasteiger partial charge is 0.147 e. The van der Waals surface area contributed by atoms with E-state index in [0.717, 1.165) is 6.61 Å². The molecule has 1 aliphatic carbocycles. The molecule has 0 aromatic rings. The molecule has 1 spiro atoms. The first-order valence-corrected chi connectivity index (χ1v) is 5.38. The van der Waals surface area contributed by atoms with Gasteiger partial charge in [0, 0.05) is 5.41 Å². The molecule has 0 radical (unpaired) electrons. The summed E-state index contributed by atoms with van der Waals surface area (Å²) in [6, 6.07) is 0. The minimum Gasteiger partial charge on any atom is -0.355 e. The molecule has 1 aliphatic heterocycles. The summed E-state index contributed by atoms with van der Waals surface area (Å²) in [5.41, 5.74) is 0.329. The van der Waals surface area contributed by atoms with Crippen molar-refractivity contribution in [2.24, 2.45) is 5.41 Å². The largest absolute Gasteiger partial charge is 0.355 e. The lowest BCUT2D eigenvalue weighted by Crippen LogP contribution is -2.53. The van der Waals surface area contributed by atoms with Crippen molar-refractivity contribution in [2.45, 2.75) is 51.6 Å². The van der Waals surface area contributed by atoms with Crippen molar-refractivity contribution in [3.63, 3.8) is 0 Å². The molecule has 1 saturated carbocycles. The van der Waals surface area contributed by atoms with E-state index in [4.69, 9.17) is 9.47 Å². The maximum Gasteiger partial charge on any atom is 0.147 e. The van der Waals surface area contributed by atoms with Gasteiger partial charge in [-0.1, -0.05) is 19.3 Å². The number of rotatable bonds is 0. The monoisotopic (exact) mass is 184 g/mol. The van der Waals surface area contributed by atoms with E-state index in [1.807, 2.05) is 0 Å². The summed E-state index contributed by atoms with van der Waals surface area (Å²) in [7, 11) is 0. The van der Waals surface area contributed by atoms with Gasteiger partial charge in [-0.2, -0.15) is 0 Å². The topological polar surface area (TPSA) is 18.5 Å². The molecule has 2 rings (SSSR count). The molecular formula is C11H20O2. The highest BCUT2D eigenvalue weighted by atomic mass is 16.7. The Balaban J connectivity index is 2.16. The van der Waals surface area contributed by atoms with Gasteiger partial charge in [0.2, 0.25) is 0 Å². The lowest BCUT2D eigenvalue weighted by atomic mass is 9.64. The van der Waals surface area contributed by atoms with Crippen molar-refractivity contribution >= 4 is 0 Å². The van der Waals surface area contributed by atoms with Crippen LogP contribution in [0.2, 0.25) is 0 Å². The van der Waals surface area contributed by atoms with E-state index < -0.39 is 0 Å². The Morgan fingerprint density at radius 1 is 1.00 bits per heavy atom. The third kappa shape index (κ3) is 1.50. The average Bonchev–Trinajstić information content (AvgIpc) is 2.12. The molecule has 0 unspecified atom stereocenters. The van der Waals surface area contributed by atoms with Gasteiger partial charge < -0.3 is 9.47 Å². The van der Waals surface area contributed by atoms with Crippen molar-refractivity contribution in [3.05, 3.63) is 0 Å². The Hall–Kier alpha value is -0.0800. The molecule has 0 N–H and O–H groups in total. The Labute approximate surface area is 80.6 Å². The van der Waals surface area contributed by atoms with Crippen LogP contribution in [0.1, 0.15) is 46.0 Å². The third-order valence-corrected chi connectivity index (χ3v) is 3.97. The van der Waals surface area contributed by atoms with Gasteiger partial charge in [0.1, 0.15) is 6.79 Å². The van der Waals surface area contributed by atoms with Crippen LogP contribution in [0.3, 0.4) is 0 Å². The van der Waals surface area contributed by atoms with E-state index in [2.05, 4.69) is 13.8 Å². The van der Waals surface area contributed by atoms with E-state index >= 15 is 0 Å². The second-order valence-electron chi connectivity index (χ2n) is 4.96. The van der Waals surface area contributed by atoms with Gasteiger partial charge in [-0.25, -0.2) is 0 Å². The molecule has 0 amide bonds. The molecule has 76 valence electrons. The van der Waals surface area contributed by atoms with Gasteiger partial charge in [-0.3, -0.25) is 0 Å². The number of hydrogen-bond donors (Lipinski definition) is 0. The molecule has 2 fully saturated rings. The highest BCUT2D eigenvalue weighted by Crippen LogP contribution is 2.48. The maximum absolute atomic E-state index is 5.74. The van der Waals surface area contributed by atoms with E-state index in [1.165, 1.54) is 32.1 Å². The zero-order valence-electron chi connectivity index (χ0n) is 8.77. The van der Waals surface area contributed by atoms with Crippen molar-refractivity contribution in [2.75, 3.05) is 13.4 Å². The molecule has 0 aromatic carbocycles. The van der Waals surface area contributed by atoms with Gasteiger partial charge in [0.05, 0.1) is 12.2 Å². The van der Waals surface area contributed by atoms with Gasteiger partial charge in [0.15, 0.2) is 0 Å². The van der Waals surface area contributed by atoms with E-state index in [-0.39, 0.29) is 5.60 Å². The van der Waals surface area contributed by atoms with Crippen molar-refractivity contribution in [3.8, 4) is 0 Å². The summed E-state index contributed by atoms with van der Waals surface area (Å²) in [6.07, 6.45) is 6.63. The molecular weight excluding hydrogens is 164 g/mol. The van der Waals surface area contributed by atoms with Gasteiger partial charge >= 0.3 is 0 Å². The highest BCUT2D eigenvalue weighted by molar-refractivity contribution is 4.97. The molecule has 13 heavy (non-hydrogen) atoms. The summed E-state index contributed by atoms with van der Waals surface area (Å²) >= 11 is 0. The lowest BCUT2D eigenvalue weighted by molar-refractivity contribution is -0.260. The molecule has 2 nitrogen and oxygen atoms in total. The van der Waals surface area contributed by atoms with Gasteiger partial charge in [-0.05, 0) is 26.7 Å². The Bertz CT molecular complexity index is 172. The number of hydrogen-bond acceptors (Lipinski definition) is 2. The first-order chi connectivity index (χ1) is 6.16. The molecule has 1 saturated heterocycles. The van der Waals surface area contributed by atoms with Crippen LogP contribution in [0.25, 0.3) is 0 Å². The molecule has 2 aliphatic rings. The fourth-order valence-corrected chi connectivity index (χ4v) is 2.73. The zero-order chi connectivity index (χ0) is 9.36. The quantitative estimate of drug-likeness (QED) is 0.576. The lowest BCUT2D eigenvalue weighted by Gasteiger charge is -2.51. The second kappa shape index (κ2) is 3.25. The first kappa shape index (κ1) is 9.47. The molecule has 1 heterocycles. The van der Waals surface area contributed by atoms with Crippen LogP contribution in [0, 0.1) is 5.41 Å². The van der Waals surface area contributed by atoms with Crippen molar-refractivity contribution in [1.29, 1.82) is 0 Å². The fraction of sp³-hybridized carbons (Fsp3) is 1.00. The Kier molecular flexibility index (Phi) is 2.37. The normalized spacial score (nSPS) is 31.8. The van der Waals surface area contributed by atoms with E-state index in [9.17, 15) is 0 Å². The fourth-order valence-electron chi connectivity index (χ4n) is 2.73. The van der Waals surface area contributed by atoms with Crippen LogP contribution in [-0.2, 0) is 9.47 Å². The molecule has 0 atom stereocenters. The van der Waals surface area contributed by atoms with Crippen LogP contribution in [0.5, 0.6) is 0 Å². The van der Waals surface area contributed by atoms with Crippen LogP contribution in [-0.4, -0.2) is 19.0 Å². The second-order valence-corrected chi connectivity index (χ2v) is 4.96. The minimum atomic E-state index is 0.0195. The number of ether oxygens (including phenoxy) is 2. The summed E-state index contributed by atoms with van der Waals surface area (Å²) in [5, 5.41) is 0. The van der Waals surface area contributed by atoms with E-state index in [0.29, 0.717) is 12.2 Å². The average molecular weight is 184 g/mol. The summed E-state index contributed by atoms with van der Waals surface area (Å²) in [6.45, 7) is 5.83. The van der Waals surface area contributed by atoms with Crippen LogP contribution in [0.4, 0.5) is 0 Å². The summed E-state index contributed by atoms with van der Waals surface area (Å²) in [5.74, 6) is 0. The SMILES string of the molecule is CC1(C)OCOCC12CCCCC2. The van der Waals surface area contributed by atoms with E-state index in [1.54, 1.807) is 0 Å². The van der Waals surface area contributed by atoms with Gasteiger partial charge in [0.25, 0.3) is 0 Å². The maximum atomic E-state index is 5.74. The van der Waals surface area contributed by atoms with Crippen molar-refractivity contribution < 1.29 is 9.47 Å². The predicted molar refractivity (Wildman–Crippen MR) is 51.5 cm³/mol. The predicted octanol–water partition coefficient (Wildman–Crippen LogP) is 2.72. The first-order valence-electron chi connectivity index (χ1n) is 5.38. The van der Waals surface area contributed by atoms with Crippen LogP contribution in [0.15, 0.2) is 0 Å². The molecule has 0 aromatic heterocycles. The zero-order valence-corrected chi connectivity index (χ0v) is 8.77. The minimum absolute atomic E-state index is 0.0195. The molecule has 0 bridgehead atoms. The summed E-state index contributed by atoms with van der Waals surface area (Å²) < 4.78 is 11.2.